The van der Waals surface area contributed by atoms with Gasteiger partial charge in [0.05, 0.1) is 26.2 Å². The van der Waals surface area contributed by atoms with E-state index < -0.39 is 0 Å². The predicted molar refractivity (Wildman–Crippen MR) is 74.8 cm³/mol. The zero-order valence-corrected chi connectivity index (χ0v) is 12.0. The standard InChI is InChI=1S/C16H20O5/c1-19-11-4-2-10(3-5-11)9-20-14-7-15-12(13(14)8-17)6-16(18)21-15/h2-5,12-15,17H,6-9H2,1H3/t12-,13-,14-,15+/m1/s1. The summed E-state index contributed by atoms with van der Waals surface area (Å²) < 4.78 is 16.3. The van der Waals surface area contributed by atoms with Gasteiger partial charge in [0.2, 0.25) is 0 Å². The number of benzene rings is 1. The van der Waals surface area contributed by atoms with Gasteiger partial charge >= 0.3 is 5.97 Å². The molecule has 0 unspecified atom stereocenters. The van der Waals surface area contributed by atoms with E-state index in [0.29, 0.717) is 19.4 Å². The highest BCUT2D eigenvalue weighted by Gasteiger charge is 2.50. The van der Waals surface area contributed by atoms with Crippen molar-refractivity contribution < 1.29 is 24.1 Å². The molecule has 0 spiro atoms. The molecule has 1 aromatic rings. The maximum atomic E-state index is 11.3. The number of methoxy groups -OCH3 is 1. The highest BCUT2D eigenvalue weighted by Crippen LogP contribution is 2.42. The molecule has 1 aliphatic carbocycles. The quantitative estimate of drug-likeness (QED) is 0.834. The zero-order chi connectivity index (χ0) is 14.8. The molecule has 3 rings (SSSR count). The van der Waals surface area contributed by atoms with Gasteiger partial charge in [-0.25, -0.2) is 0 Å². The third-order valence-electron chi connectivity index (χ3n) is 4.49. The molecule has 5 nitrogen and oxygen atoms in total. The second-order valence-electron chi connectivity index (χ2n) is 5.68. The third-order valence-corrected chi connectivity index (χ3v) is 4.49. The number of rotatable bonds is 5. The molecule has 4 atom stereocenters. The lowest BCUT2D eigenvalue weighted by atomic mass is 9.93. The van der Waals surface area contributed by atoms with E-state index >= 15 is 0 Å². The van der Waals surface area contributed by atoms with Crippen LogP contribution in [0.3, 0.4) is 0 Å². The van der Waals surface area contributed by atoms with Gasteiger partial charge in [-0.2, -0.15) is 0 Å². The van der Waals surface area contributed by atoms with Crippen molar-refractivity contribution in [3.8, 4) is 5.75 Å². The number of fused-ring (bicyclic) bond motifs is 1. The Hall–Kier alpha value is -1.59. The highest BCUT2D eigenvalue weighted by molar-refractivity contribution is 5.72. The van der Waals surface area contributed by atoms with E-state index in [2.05, 4.69) is 0 Å². The van der Waals surface area contributed by atoms with Crippen molar-refractivity contribution in [3.63, 3.8) is 0 Å². The minimum absolute atomic E-state index is 0.0142. The SMILES string of the molecule is COc1ccc(CO[C@@H]2C[C@@H]3OC(=O)C[C@@H]3[C@H]2CO)cc1. The van der Waals surface area contributed by atoms with Gasteiger partial charge in [-0.3, -0.25) is 4.79 Å². The van der Waals surface area contributed by atoms with Crippen molar-refractivity contribution in [1.82, 2.24) is 0 Å². The fourth-order valence-corrected chi connectivity index (χ4v) is 3.33. The number of hydrogen-bond donors (Lipinski definition) is 1. The molecule has 2 aliphatic rings. The Morgan fingerprint density at radius 3 is 2.76 bits per heavy atom. The molecule has 1 N–H and O–H groups in total. The maximum absolute atomic E-state index is 11.3. The van der Waals surface area contributed by atoms with Crippen LogP contribution in [0.25, 0.3) is 0 Å². The Balaban J connectivity index is 1.58. The molecule has 21 heavy (non-hydrogen) atoms. The van der Waals surface area contributed by atoms with Crippen molar-refractivity contribution in [2.75, 3.05) is 13.7 Å². The number of aliphatic hydroxyl groups excluding tert-OH is 1. The highest BCUT2D eigenvalue weighted by atomic mass is 16.6. The van der Waals surface area contributed by atoms with E-state index in [1.807, 2.05) is 24.3 Å². The summed E-state index contributed by atoms with van der Waals surface area (Å²) in [6.07, 6.45) is 0.937. The van der Waals surface area contributed by atoms with Crippen LogP contribution in [0.5, 0.6) is 5.75 Å². The van der Waals surface area contributed by atoms with E-state index in [0.717, 1.165) is 11.3 Å². The Morgan fingerprint density at radius 1 is 1.33 bits per heavy atom. The largest absolute Gasteiger partial charge is 0.497 e. The first-order valence-corrected chi connectivity index (χ1v) is 7.26. The monoisotopic (exact) mass is 292 g/mol. The summed E-state index contributed by atoms with van der Waals surface area (Å²) in [6.45, 7) is 0.517. The van der Waals surface area contributed by atoms with Gasteiger partial charge in [-0.1, -0.05) is 12.1 Å². The second-order valence-corrected chi connectivity index (χ2v) is 5.68. The van der Waals surface area contributed by atoms with Crippen molar-refractivity contribution in [3.05, 3.63) is 29.8 Å². The normalized spacial score (nSPS) is 31.0. The molecule has 114 valence electrons. The zero-order valence-electron chi connectivity index (χ0n) is 12.0. The Bertz CT molecular complexity index is 498. The molecule has 1 saturated carbocycles. The first kappa shape index (κ1) is 14.4. The van der Waals surface area contributed by atoms with Gasteiger partial charge in [0.25, 0.3) is 0 Å². The first-order valence-electron chi connectivity index (χ1n) is 7.26. The average Bonchev–Trinajstić information content (AvgIpc) is 3.00. The van der Waals surface area contributed by atoms with Crippen LogP contribution in [0.2, 0.25) is 0 Å². The van der Waals surface area contributed by atoms with Crippen molar-refractivity contribution >= 4 is 5.97 Å². The Kier molecular flexibility index (Phi) is 4.12. The summed E-state index contributed by atoms with van der Waals surface area (Å²) in [5.74, 6) is 0.745. The smallest absolute Gasteiger partial charge is 0.306 e. The van der Waals surface area contributed by atoms with Crippen LogP contribution in [-0.4, -0.2) is 37.0 Å². The summed E-state index contributed by atoms with van der Waals surface area (Å²) in [6, 6.07) is 7.71. The summed E-state index contributed by atoms with van der Waals surface area (Å²) in [5.41, 5.74) is 1.06. The van der Waals surface area contributed by atoms with E-state index in [1.165, 1.54) is 0 Å². The van der Waals surface area contributed by atoms with E-state index in [4.69, 9.17) is 14.2 Å². The molecule has 1 heterocycles. The van der Waals surface area contributed by atoms with Gasteiger partial charge in [0.15, 0.2) is 0 Å². The fraction of sp³-hybridized carbons (Fsp3) is 0.562. The molecule has 0 amide bonds. The van der Waals surface area contributed by atoms with Gasteiger partial charge in [-0.05, 0) is 17.7 Å². The lowest BCUT2D eigenvalue weighted by Crippen LogP contribution is -2.26. The lowest BCUT2D eigenvalue weighted by molar-refractivity contribution is -0.142. The molecule has 5 heteroatoms. The third kappa shape index (κ3) is 2.89. The van der Waals surface area contributed by atoms with Gasteiger partial charge < -0.3 is 19.3 Å². The molecule has 0 bridgehead atoms. The molecule has 2 fully saturated rings. The summed E-state index contributed by atoms with van der Waals surface area (Å²) in [7, 11) is 1.63. The molecule has 1 aliphatic heterocycles. The van der Waals surface area contributed by atoms with Gasteiger partial charge in [0, 0.05) is 24.9 Å². The molecule has 1 saturated heterocycles. The summed E-state index contributed by atoms with van der Waals surface area (Å²) >= 11 is 0. The minimum atomic E-state index is -0.156. The second kappa shape index (κ2) is 6.03. The Morgan fingerprint density at radius 2 is 2.10 bits per heavy atom. The summed E-state index contributed by atoms with van der Waals surface area (Å²) in [4.78, 5) is 11.3. The molecular formula is C16H20O5. The fourth-order valence-electron chi connectivity index (χ4n) is 3.33. The van der Waals surface area contributed by atoms with Crippen molar-refractivity contribution in [2.24, 2.45) is 11.8 Å². The van der Waals surface area contributed by atoms with Crippen molar-refractivity contribution in [2.45, 2.75) is 31.7 Å². The first-order chi connectivity index (χ1) is 10.2. The van der Waals surface area contributed by atoms with Crippen molar-refractivity contribution in [1.29, 1.82) is 0 Å². The van der Waals surface area contributed by atoms with Crippen LogP contribution < -0.4 is 4.74 Å². The van der Waals surface area contributed by atoms with E-state index in [-0.39, 0.29) is 36.6 Å². The molecule has 0 radical (unpaired) electrons. The van der Waals surface area contributed by atoms with Gasteiger partial charge in [0.1, 0.15) is 11.9 Å². The maximum Gasteiger partial charge on any atom is 0.306 e. The molecule has 1 aromatic carbocycles. The predicted octanol–water partition coefficient (Wildman–Crippen LogP) is 1.52. The molecule has 0 aromatic heterocycles. The Labute approximate surface area is 123 Å². The number of carbonyl (C=O) groups excluding carboxylic acids is 1. The number of hydrogen-bond acceptors (Lipinski definition) is 5. The van der Waals surface area contributed by atoms with E-state index in [1.54, 1.807) is 7.11 Å². The number of ether oxygens (including phenoxy) is 3. The van der Waals surface area contributed by atoms with Crippen LogP contribution >= 0.6 is 0 Å². The number of aliphatic hydroxyl groups is 1. The van der Waals surface area contributed by atoms with Gasteiger partial charge in [-0.15, -0.1) is 0 Å². The topological polar surface area (TPSA) is 65.0 Å². The van der Waals surface area contributed by atoms with E-state index in [9.17, 15) is 9.90 Å². The number of esters is 1. The van der Waals surface area contributed by atoms with Crippen LogP contribution in [0, 0.1) is 11.8 Å². The number of carbonyl (C=O) groups is 1. The van der Waals surface area contributed by atoms with Crippen LogP contribution in [0.1, 0.15) is 18.4 Å². The lowest BCUT2D eigenvalue weighted by Gasteiger charge is -2.21. The van der Waals surface area contributed by atoms with Crippen LogP contribution in [0.15, 0.2) is 24.3 Å². The molecular weight excluding hydrogens is 272 g/mol. The average molecular weight is 292 g/mol. The minimum Gasteiger partial charge on any atom is -0.497 e. The van der Waals surface area contributed by atoms with Crippen LogP contribution in [0.4, 0.5) is 0 Å². The van der Waals surface area contributed by atoms with Crippen LogP contribution in [-0.2, 0) is 20.9 Å². The summed E-state index contributed by atoms with van der Waals surface area (Å²) in [5, 5.41) is 9.57.